The average Bonchev–Trinajstić information content (AvgIpc) is 3.30. The van der Waals surface area contributed by atoms with Gasteiger partial charge in [0.2, 0.25) is 5.78 Å². The summed E-state index contributed by atoms with van der Waals surface area (Å²) < 4.78 is 7.03. The van der Waals surface area contributed by atoms with Gasteiger partial charge in [0.15, 0.2) is 5.76 Å². The summed E-state index contributed by atoms with van der Waals surface area (Å²) in [6, 6.07) is 12.2. The molecule has 0 atom stereocenters. The third-order valence-corrected chi connectivity index (χ3v) is 6.47. The predicted molar refractivity (Wildman–Crippen MR) is 103 cm³/mol. The lowest BCUT2D eigenvalue weighted by Crippen LogP contribution is -2.02. The Morgan fingerprint density at radius 1 is 1.12 bits per heavy atom. The van der Waals surface area contributed by atoms with Crippen molar-refractivity contribution in [2.45, 2.75) is 26.2 Å². The molecule has 2 heterocycles. The number of thiophene rings is 1. The second-order valence-electron chi connectivity index (χ2n) is 6.70. The smallest absolute Gasteiger partial charge is 0.240 e. The van der Waals surface area contributed by atoms with E-state index in [1.165, 1.54) is 28.9 Å². The first-order valence-corrected chi connectivity index (χ1v) is 9.31. The van der Waals surface area contributed by atoms with Crippen LogP contribution in [-0.2, 0) is 12.8 Å². The van der Waals surface area contributed by atoms with E-state index < -0.39 is 0 Å². The molecule has 1 aliphatic rings. The van der Waals surface area contributed by atoms with Crippen LogP contribution in [0.15, 0.2) is 40.8 Å². The summed E-state index contributed by atoms with van der Waals surface area (Å²) in [6.07, 6.45) is 3.33. The van der Waals surface area contributed by atoms with E-state index in [-0.39, 0.29) is 11.5 Å². The van der Waals surface area contributed by atoms with Crippen LogP contribution in [-0.4, -0.2) is 5.78 Å². The minimum absolute atomic E-state index is 0.118. The molecule has 0 saturated carbocycles. The van der Waals surface area contributed by atoms with E-state index in [9.17, 15) is 4.79 Å². The number of nitrogens with two attached hydrogens (primary N) is 1. The zero-order chi connectivity index (χ0) is 17.1. The molecule has 124 valence electrons. The van der Waals surface area contributed by atoms with E-state index in [2.05, 4.69) is 12.1 Å². The van der Waals surface area contributed by atoms with Gasteiger partial charge < -0.3 is 10.2 Å². The van der Waals surface area contributed by atoms with Crippen LogP contribution in [0.3, 0.4) is 0 Å². The number of carbonyl (C=O) groups is 1. The van der Waals surface area contributed by atoms with Gasteiger partial charge in [0.25, 0.3) is 0 Å². The van der Waals surface area contributed by atoms with E-state index in [0.29, 0.717) is 10.6 Å². The summed E-state index contributed by atoms with van der Waals surface area (Å²) in [7, 11) is 0. The van der Waals surface area contributed by atoms with Crippen molar-refractivity contribution in [3.8, 4) is 0 Å². The molecular formula is C21H17NO2S. The largest absolute Gasteiger partial charge is 0.450 e. The highest BCUT2D eigenvalue weighted by atomic mass is 32.1. The van der Waals surface area contributed by atoms with Crippen LogP contribution in [0.5, 0.6) is 0 Å². The SMILES string of the molecule is Cc1c(C(=O)c2oc3cc4c(cc3c2N)CCC4)sc2ccccc12. The number of hydrogen-bond donors (Lipinski definition) is 1. The summed E-state index contributed by atoms with van der Waals surface area (Å²) in [5.41, 5.74) is 11.1. The molecule has 0 bridgehead atoms. The fourth-order valence-corrected chi connectivity index (χ4v) is 4.99. The topological polar surface area (TPSA) is 56.2 Å². The van der Waals surface area contributed by atoms with Crippen molar-refractivity contribution in [3.05, 3.63) is 63.7 Å². The van der Waals surface area contributed by atoms with E-state index >= 15 is 0 Å². The first-order valence-electron chi connectivity index (χ1n) is 8.50. The zero-order valence-corrected chi connectivity index (χ0v) is 14.7. The van der Waals surface area contributed by atoms with Crippen molar-refractivity contribution >= 4 is 43.9 Å². The summed E-state index contributed by atoms with van der Waals surface area (Å²) >= 11 is 1.50. The molecule has 4 heteroatoms. The second-order valence-corrected chi connectivity index (χ2v) is 7.75. The lowest BCUT2D eigenvalue weighted by Gasteiger charge is -1.98. The van der Waals surface area contributed by atoms with Crippen LogP contribution < -0.4 is 5.73 Å². The monoisotopic (exact) mass is 347 g/mol. The highest BCUT2D eigenvalue weighted by Crippen LogP contribution is 2.38. The van der Waals surface area contributed by atoms with E-state index in [1.807, 2.05) is 31.2 Å². The molecule has 4 aromatic rings. The molecule has 0 radical (unpaired) electrons. The van der Waals surface area contributed by atoms with Gasteiger partial charge in [0.1, 0.15) is 5.58 Å². The first kappa shape index (κ1) is 14.7. The van der Waals surface area contributed by atoms with Crippen LogP contribution in [0.4, 0.5) is 5.69 Å². The Hall–Kier alpha value is -2.59. The van der Waals surface area contributed by atoms with Crippen LogP contribution in [0.25, 0.3) is 21.1 Å². The molecule has 2 aromatic heterocycles. The van der Waals surface area contributed by atoms with Crippen molar-refractivity contribution in [2.75, 3.05) is 5.73 Å². The fourth-order valence-electron chi connectivity index (χ4n) is 3.85. The number of carbonyl (C=O) groups excluding carboxylic acids is 1. The lowest BCUT2D eigenvalue weighted by atomic mass is 10.1. The third-order valence-electron chi connectivity index (χ3n) is 5.20. The average molecular weight is 347 g/mol. The van der Waals surface area contributed by atoms with Crippen LogP contribution in [0, 0.1) is 6.92 Å². The maximum Gasteiger partial charge on any atom is 0.240 e. The minimum Gasteiger partial charge on any atom is -0.450 e. The Morgan fingerprint density at radius 3 is 2.68 bits per heavy atom. The maximum absolute atomic E-state index is 13.1. The van der Waals surface area contributed by atoms with Gasteiger partial charge in [0, 0.05) is 10.1 Å². The van der Waals surface area contributed by atoms with Gasteiger partial charge in [-0.05, 0) is 66.5 Å². The molecule has 0 saturated heterocycles. The van der Waals surface area contributed by atoms with E-state index in [4.69, 9.17) is 10.2 Å². The highest BCUT2D eigenvalue weighted by Gasteiger charge is 2.25. The molecule has 0 amide bonds. The van der Waals surface area contributed by atoms with Gasteiger partial charge in [-0.3, -0.25) is 4.79 Å². The molecule has 5 rings (SSSR count). The minimum atomic E-state index is -0.118. The van der Waals surface area contributed by atoms with Crippen molar-refractivity contribution in [3.63, 3.8) is 0 Å². The zero-order valence-electron chi connectivity index (χ0n) is 13.9. The van der Waals surface area contributed by atoms with Gasteiger partial charge >= 0.3 is 0 Å². The van der Waals surface area contributed by atoms with Crippen molar-refractivity contribution in [2.24, 2.45) is 0 Å². The molecule has 1 aliphatic carbocycles. The molecule has 2 N–H and O–H groups in total. The van der Waals surface area contributed by atoms with E-state index in [0.717, 1.165) is 39.5 Å². The Bertz CT molecular complexity index is 1170. The summed E-state index contributed by atoms with van der Waals surface area (Å²) in [5, 5.41) is 1.98. The van der Waals surface area contributed by atoms with Crippen LogP contribution in [0.1, 0.15) is 38.5 Å². The Morgan fingerprint density at radius 2 is 1.88 bits per heavy atom. The van der Waals surface area contributed by atoms with Gasteiger partial charge in [0.05, 0.1) is 10.6 Å². The molecule has 25 heavy (non-hydrogen) atoms. The van der Waals surface area contributed by atoms with Gasteiger partial charge in [-0.25, -0.2) is 0 Å². The molecule has 0 aliphatic heterocycles. The number of aryl methyl sites for hydroxylation is 3. The molecular weight excluding hydrogens is 330 g/mol. The molecule has 0 fully saturated rings. The van der Waals surface area contributed by atoms with Gasteiger partial charge in [-0.2, -0.15) is 0 Å². The highest BCUT2D eigenvalue weighted by molar-refractivity contribution is 7.21. The molecule has 3 nitrogen and oxygen atoms in total. The number of benzene rings is 2. The Balaban J connectivity index is 1.68. The maximum atomic E-state index is 13.1. The molecule has 0 spiro atoms. The Labute approximate surface area is 149 Å². The number of nitrogen functional groups attached to an aromatic ring is 1. The number of hydrogen-bond acceptors (Lipinski definition) is 4. The van der Waals surface area contributed by atoms with Gasteiger partial charge in [-0.15, -0.1) is 11.3 Å². The normalized spacial score (nSPS) is 13.6. The third kappa shape index (κ3) is 2.07. The predicted octanol–water partition coefficient (Wildman–Crippen LogP) is 5.26. The fraction of sp³-hybridized carbons (Fsp3) is 0.190. The van der Waals surface area contributed by atoms with Crippen molar-refractivity contribution in [1.82, 2.24) is 0 Å². The number of anilines is 1. The van der Waals surface area contributed by atoms with Crippen molar-refractivity contribution in [1.29, 1.82) is 0 Å². The van der Waals surface area contributed by atoms with Crippen LogP contribution in [0.2, 0.25) is 0 Å². The first-order chi connectivity index (χ1) is 12.1. The quantitative estimate of drug-likeness (QED) is 0.503. The summed E-state index contributed by atoms with van der Waals surface area (Å²) in [6.45, 7) is 1.99. The number of rotatable bonds is 2. The summed E-state index contributed by atoms with van der Waals surface area (Å²) in [5.74, 6) is 0.154. The second kappa shape index (κ2) is 5.20. The number of fused-ring (bicyclic) bond motifs is 3. The van der Waals surface area contributed by atoms with Crippen LogP contribution >= 0.6 is 11.3 Å². The molecule has 0 unspecified atom stereocenters. The van der Waals surface area contributed by atoms with Crippen molar-refractivity contribution < 1.29 is 9.21 Å². The Kier molecular flexibility index (Phi) is 3.06. The summed E-state index contributed by atoms with van der Waals surface area (Å²) in [4.78, 5) is 13.8. The molecule has 2 aromatic carbocycles. The lowest BCUT2D eigenvalue weighted by molar-refractivity contribution is 0.102. The standard InChI is InChI=1S/C21H17NO2S/c1-11-14-7-2-3-8-17(14)25-21(11)19(23)20-18(22)15-9-12-5-4-6-13(12)10-16(15)24-20/h2-3,7-10H,4-6,22H2,1H3. The number of ketones is 1. The number of furan rings is 1. The van der Waals surface area contributed by atoms with E-state index in [1.54, 1.807) is 0 Å². The van der Waals surface area contributed by atoms with Gasteiger partial charge in [-0.1, -0.05) is 18.2 Å².